The van der Waals surface area contributed by atoms with Crippen LogP contribution in [0.1, 0.15) is 32.6 Å². The molecule has 0 bridgehead atoms. The van der Waals surface area contributed by atoms with Crippen molar-refractivity contribution in [1.82, 2.24) is 10.6 Å². The van der Waals surface area contributed by atoms with E-state index in [1.807, 2.05) is 6.92 Å². The van der Waals surface area contributed by atoms with E-state index in [2.05, 4.69) is 10.6 Å². The predicted molar refractivity (Wildman–Crippen MR) is 59.5 cm³/mol. The fourth-order valence-corrected chi connectivity index (χ4v) is 1.84. The molecule has 2 unspecified atom stereocenters. The summed E-state index contributed by atoms with van der Waals surface area (Å²) in [6, 6.07) is 0.373. The van der Waals surface area contributed by atoms with E-state index in [1.165, 1.54) is 6.42 Å². The first kappa shape index (κ1) is 12.5. The van der Waals surface area contributed by atoms with Crippen LogP contribution in [0.3, 0.4) is 0 Å². The molecule has 88 valence electrons. The van der Waals surface area contributed by atoms with E-state index in [0.717, 1.165) is 19.4 Å². The molecule has 0 aromatic rings. The molecule has 3 N–H and O–H groups in total. The van der Waals surface area contributed by atoms with Crippen molar-refractivity contribution in [3.8, 4) is 0 Å². The van der Waals surface area contributed by atoms with Gasteiger partial charge in [0.05, 0.1) is 0 Å². The van der Waals surface area contributed by atoms with Gasteiger partial charge in [-0.1, -0.05) is 6.92 Å². The standard InChI is InChI=1S/C11H22N2O2/c1-9(4-6-14)8-13-11(15)7-10-3-2-5-12-10/h9-10,12,14H,2-8H2,1H3,(H,13,15). The highest BCUT2D eigenvalue weighted by Gasteiger charge is 2.17. The maximum absolute atomic E-state index is 11.5. The van der Waals surface area contributed by atoms with Crippen LogP contribution in [0.2, 0.25) is 0 Å². The number of rotatable bonds is 6. The second kappa shape index (κ2) is 6.80. The Morgan fingerprint density at radius 2 is 2.47 bits per heavy atom. The smallest absolute Gasteiger partial charge is 0.221 e. The Morgan fingerprint density at radius 1 is 1.67 bits per heavy atom. The summed E-state index contributed by atoms with van der Waals surface area (Å²) in [5, 5.41) is 14.9. The van der Waals surface area contributed by atoms with Gasteiger partial charge in [0.15, 0.2) is 0 Å². The highest BCUT2D eigenvalue weighted by Crippen LogP contribution is 2.08. The average Bonchev–Trinajstić information content (AvgIpc) is 2.68. The Balaban J connectivity index is 2.07. The lowest BCUT2D eigenvalue weighted by Gasteiger charge is -2.13. The summed E-state index contributed by atoms with van der Waals surface area (Å²) in [7, 11) is 0. The van der Waals surface area contributed by atoms with Gasteiger partial charge in [0.2, 0.25) is 5.91 Å². The summed E-state index contributed by atoms with van der Waals surface area (Å²) in [6.07, 6.45) is 3.63. The van der Waals surface area contributed by atoms with E-state index >= 15 is 0 Å². The van der Waals surface area contributed by atoms with Gasteiger partial charge < -0.3 is 15.7 Å². The largest absolute Gasteiger partial charge is 0.396 e. The van der Waals surface area contributed by atoms with E-state index in [0.29, 0.717) is 24.9 Å². The van der Waals surface area contributed by atoms with Gasteiger partial charge in [-0.3, -0.25) is 4.79 Å². The first-order valence-corrected chi connectivity index (χ1v) is 5.83. The molecule has 1 rings (SSSR count). The minimum absolute atomic E-state index is 0.124. The van der Waals surface area contributed by atoms with Crippen molar-refractivity contribution in [2.45, 2.75) is 38.6 Å². The minimum Gasteiger partial charge on any atom is -0.396 e. The Morgan fingerprint density at radius 3 is 3.07 bits per heavy atom. The summed E-state index contributed by atoms with van der Waals surface area (Å²) in [5.74, 6) is 0.481. The van der Waals surface area contributed by atoms with Crippen molar-refractivity contribution in [3.63, 3.8) is 0 Å². The van der Waals surface area contributed by atoms with Crippen LogP contribution in [0.4, 0.5) is 0 Å². The number of amides is 1. The van der Waals surface area contributed by atoms with Crippen molar-refractivity contribution in [1.29, 1.82) is 0 Å². The van der Waals surface area contributed by atoms with Crippen LogP contribution in [0, 0.1) is 5.92 Å². The highest BCUT2D eigenvalue weighted by molar-refractivity contribution is 5.76. The SMILES string of the molecule is CC(CCO)CNC(=O)CC1CCCN1. The van der Waals surface area contributed by atoms with Gasteiger partial charge in [-0.25, -0.2) is 0 Å². The van der Waals surface area contributed by atoms with E-state index in [4.69, 9.17) is 5.11 Å². The fraction of sp³-hybridized carbons (Fsp3) is 0.909. The van der Waals surface area contributed by atoms with Crippen molar-refractivity contribution >= 4 is 5.91 Å². The molecule has 0 saturated carbocycles. The lowest BCUT2D eigenvalue weighted by Crippen LogP contribution is -2.34. The maximum Gasteiger partial charge on any atom is 0.221 e. The van der Waals surface area contributed by atoms with Crippen molar-refractivity contribution < 1.29 is 9.90 Å². The van der Waals surface area contributed by atoms with Crippen LogP contribution in [0.25, 0.3) is 0 Å². The molecule has 1 saturated heterocycles. The zero-order valence-corrected chi connectivity index (χ0v) is 9.46. The van der Waals surface area contributed by atoms with Gasteiger partial charge >= 0.3 is 0 Å². The Kier molecular flexibility index (Phi) is 5.65. The Bertz CT molecular complexity index is 191. The third-order valence-corrected chi connectivity index (χ3v) is 2.86. The van der Waals surface area contributed by atoms with Gasteiger partial charge in [0, 0.05) is 25.6 Å². The molecule has 1 heterocycles. The summed E-state index contributed by atoms with van der Waals surface area (Å²) < 4.78 is 0. The number of carbonyl (C=O) groups excluding carboxylic acids is 1. The van der Waals surface area contributed by atoms with Crippen molar-refractivity contribution in [2.24, 2.45) is 5.92 Å². The second-order valence-corrected chi connectivity index (χ2v) is 4.42. The summed E-state index contributed by atoms with van der Waals surface area (Å²) >= 11 is 0. The second-order valence-electron chi connectivity index (χ2n) is 4.42. The van der Waals surface area contributed by atoms with E-state index in [1.54, 1.807) is 0 Å². The van der Waals surface area contributed by atoms with E-state index < -0.39 is 0 Å². The highest BCUT2D eigenvalue weighted by atomic mass is 16.3. The first-order valence-electron chi connectivity index (χ1n) is 5.83. The number of carbonyl (C=O) groups is 1. The summed E-state index contributed by atoms with van der Waals surface area (Å²) in [4.78, 5) is 11.5. The summed E-state index contributed by atoms with van der Waals surface area (Å²) in [5.41, 5.74) is 0. The van der Waals surface area contributed by atoms with Crippen molar-refractivity contribution in [3.05, 3.63) is 0 Å². The van der Waals surface area contributed by atoms with Crippen LogP contribution in [-0.2, 0) is 4.79 Å². The molecule has 0 aliphatic carbocycles. The molecule has 1 aliphatic rings. The van der Waals surface area contributed by atoms with E-state index in [9.17, 15) is 4.79 Å². The van der Waals surface area contributed by atoms with Gasteiger partial charge in [-0.05, 0) is 31.7 Å². The normalized spacial score (nSPS) is 22.7. The van der Waals surface area contributed by atoms with Crippen LogP contribution in [-0.4, -0.2) is 36.8 Å². The van der Waals surface area contributed by atoms with Crippen LogP contribution < -0.4 is 10.6 Å². The quantitative estimate of drug-likeness (QED) is 0.594. The lowest BCUT2D eigenvalue weighted by atomic mass is 10.1. The number of nitrogens with one attached hydrogen (secondary N) is 2. The topological polar surface area (TPSA) is 61.4 Å². The fourth-order valence-electron chi connectivity index (χ4n) is 1.84. The van der Waals surface area contributed by atoms with Gasteiger partial charge in [0.25, 0.3) is 0 Å². The van der Waals surface area contributed by atoms with Crippen LogP contribution >= 0.6 is 0 Å². The lowest BCUT2D eigenvalue weighted by molar-refractivity contribution is -0.121. The third-order valence-electron chi connectivity index (χ3n) is 2.86. The summed E-state index contributed by atoms with van der Waals surface area (Å²) in [6.45, 7) is 3.94. The first-order chi connectivity index (χ1) is 7.22. The molecule has 1 fully saturated rings. The molecule has 4 nitrogen and oxygen atoms in total. The maximum atomic E-state index is 11.5. The van der Waals surface area contributed by atoms with E-state index in [-0.39, 0.29) is 12.5 Å². The molecule has 1 amide bonds. The zero-order chi connectivity index (χ0) is 11.1. The zero-order valence-electron chi connectivity index (χ0n) is 9.46. The molecular weight excluding hydrogens is 192 g/mol. The predicted octanol–water partition coefficient (Wildman–Crippen LogP) is 0.263. The number of aliphatic hydroxyl groups excluding tert-OH is 1. The number of aliphatic hydroxyl groups is 1. The molecule has 0 radical (unpaired) electrons. The minimum atomic E-state index is 0.124. The van der Waals surface area contributed by atoms with Crippen LogP contribution in [0.15, 0.2) is 0 Å². The van der Waals surface area contributed by atoms with Gasteiger partial charge in [-0.15, -0.1) is 0 Å². The monoisotopic (exact) mass is 214 g/mol. The van der Waals surface area contributed by atoms with Crippen LogP contribution in [0.5, 0.6) is 0 Å². The molecule has 4 heteroatoms. The molecule has 1 aliphatic heterocycles. The van der Waals surface area contributed by atoms with Crippen molar-refractivity contribution in [2.75, 3.05) is 19.7 Å². The Hall–Kier alpha value is -0.610. The molecule has 0 aromatic carbocycles. The average molecular weight is 214 g/mol. The molecule has 0 spiro atoms. The Labute approximate surface area is 91.4 Å². The number of hydrogen-bond donors (Lipinski definition) is 3. The molecular formula is C11H22N2O2. The van der Waals surface area contributed by atoms with Gasteiger partial charge in [0.1, 0.15) is 0 Å². The third kappa shape index (κ3) is 5.14. The molecule has 15 heavy (non-hydrogen) atoms. The molecule has 0 aromatic heterocycles. The number of hydrogen-bond acceptors (Lipinski definition) is 3. The molecule has 2 atom stereocenters. The van der Waals surface area contributed by atoms with Gasteiger partial charge in [-0.2, -0.15) is 0 Å².